The second kappa shape index (κ2) is 15.9. The van der Waals surface area contributed by atoms with Crippen molar-refractivity contribution in [3.05, 3.63) is 95.6 Å². The highest BCUT2D eigenvalue weighted by molar-refractivity contribution is 7.99. The molecule has 3 aromatic rings. The zero-order valence-electron chi connectivity index (χ0n) is 24.9. The number of hydrogen-bond acceptors (Lipinski definition) is 9. The number of thioether (sulfide) groups is 1. The van der Waals surface area contributed by atoms with Crippen molar-refractivity contribution in [3.63, 3.8) is 0 Å². The third kappa shape index (κ3) is 8.80. The highest BCUT2D eigenvalue weighted by Crippen LogP contribution is 2.44. The molecule has 1 aliphatic carbocycles. The molecular formula is C33H34Cl3NO8S. The quantitative estimate of drug-likeness (QED) is 0.163. The van der Waals surface area contributed by atoms with Crippen molar-refractivity contribution in [2.75, 3.05) is 25.6 Å². The Morgan fingerprint density at radius 2 is 1.54 bits per heavy atom. The number of benzene rings is 3. The fourth-order valence-electron chi connectivity index (χ4n) is 5.58. The number of fused-ring (bicyclic) bond motifs is 3. The lowest BCUT2D eigenvalue weighted by Gasteiger charge is -2.43. The second-order valence-corrected chi connectivity index (χ2v) is 14.6. The molecule has 1 aliphatic heterocycles. The van der Waals surface area contributed by atoms with Gasteiger partial charge in [0.05, 0.1) is 13.2 Å². The van der Waals surface area contributed by atoms with Crippen molar-refractivity contribution in [1.29, 1.82) is 0 Å². The maximum absolute atomic E-state index is 13.3. The van der Waals surface area contributed by atoms with Crippen LogP contribution in [0, 0.1) is 0 Å². The number of aliphatic hydroxyl groups excluding tert-OH is 1. The van der Waals surface area contributed by atoms with Gasteiger partial charge in [-0.05, 0) is 33.6 Å². The van der Waals surface area contributed by atoms with E-state index in [1.54, 1.807) is 0 Å². The van der Waals surface area contributed by atoms with Crippen molar-refractivity contribution in [1.82, 2.24) is 5.32 Å². The second-order valence-electron chi connectivity index (χ2n) is 10.7. The number of aliphatic hydroxyl groups is 1. The smallest absolute Gasteiger partial charge is 0.445 e. The van der Waals surface area contributed by atoms with Gasteiger partial charge >= 0.3 is 12.2 Å². The van der Waals surface area contributed by atoms with E-state index in [9.17, 15) is 14.7 Å². The summed E-state index contributed by atoms with van der Waals surface area (Å²) in [7, 11) is 0. The van der Waals surface area contributed by atoms with Gasteiger partial charge in [0.2, 0.25) is 3.79 Å². The number of ether oxygens (including phenoxy) is 5. The molecule has 1 saturated heterocycles. The van der Waals surface area contributed by atoms with Crippen molar-refractivity contribution < 1.29 is 38.4 Å². The summed E-state index contributed by atoms with van der Waals surface area (Å²) in [5.74, 6) is 0.380. The fraction of sp³-hybridized carbons (Fsp3) is 0.394. The molecule has 13 heteroatoms. The highest BCUT2D eigenvalue weighted by Gasteiger charge is 2.49. The van der Waals surface area contributed by atoms with E-state index in [2.05, 4.69) is 5.32 Å². The summed E-state index contributed by atoms with van der Waals surface area (Å²) < 4.78 is 26.7. The van der Waals surface area contributed by atoms with E-state index in [0.29, 0.717) is 5.75 Å². The van der Waals surface area contributed by atoms with Gasteiger partial charge < -0.3 is 34.1 Å². The van der Waals surface area contributed by atoms with Crippen LogP contribution in [0.5, 0.6) is 0 Å². The molecule has 5 atom stereocenters. The highest BCUT2D eigenvalue weighted by atomic mass is 35.6. The number of alkyl carbamates (subject to hydrolysis) is 1. The van der Waals surface area contributed by atoms with Crippen LogP contribution in [0.15, 0.2) is 78.9 Å². The van der Waals surface area contributed by atoms with E-state index in [4.69, 9.17) is 58.5 Å². The van der Waals surface area contributed by atoms with E-state index in [1.165, 1.54) is 11.8 Å². The minimum atomic E-state index is -1.84. The molecule has 0 radical (unpaired) electrons. The third-order valence-electron chi connectivity index (χ3n) is 7.61. The van der Waals surface area contributed by atoms with Crippen molar-refractivity contribution in [3.8, 4) is 11.1 Å². The summed E-state index contributed by atoms with van der Waals surface area (Å²) in [5, 5.41) is 14.1. The molecule has 46 heavy (non-hydrogen) atoms. The molecule has 2 aliphatic rings. The predicted octanol–water partition coefficient (Wildman–Crippen LogP) is 6.84. The Bertz CT molecular complexity index is 1430. The maximum atomic E-state index is 13.3. The Morgan fingerprint density at radius 1 is 0.913 bits per heavy atom. The standard InChI is InChI=1S/C33H34Cl3NO8S/c1-2-46-30-27(37-31(39)43-19-33(34,35)36)29(28(38)26(44-30)18-41-16-20-10-4-3-5-11-20)45-32(40)42-17-25-23-14-8-6-12-21(23)22-13-7-9-15-24(22)25/h3-15,25-30,38H,2,16-19H2,1H3,(H,37,39). The number of rotatable bonds is 11. The van der Waals surface area contributed by atoms with Crippen LogP contribution in [0.1, 0.15) is 29.5 Å². The lowest BCUT2D eigenvalue weighted by Crippen LogP contribution is -2.64. The average Bonchev–Trinajstić information content (AvgIpc) is 3.36. The topological polar surface area (TPSA) is 113 Å². The molecular weight excluding hydrogens is 677 g/mol. The Labute approximate surface area is 286 Å². The zero-order valence-corrected chi connectivity index (χ0v) is 27.9. The molecule has 246 valence electrons. The summed E-state index contributed by atoms with van der Waals surface area (Å²) in [5.41, 5.74) is 4.41. The van der Waals surface area contributed by atoms with Crippen LogP contribution < -0.4 is 5.32 Å². The first-order valence-corrected chi connectivity index (χ1v) is 16.9. The van der Waals surface area contributed by atoms with Crippen LogP contribution in [0.2, 0.25) is 0 Å². The van der Waals surface area contributed by atoms with Gasteiger partial charge in [-0.2, -0.15) is 0 Å². The monoisotopic (exact) mass is 709 g/mol. The summed E-state index contributed by atoms with van der Waals surface area (Å²) >= 11 is 18.6. The Morgan fingerprint density at radius 3 is 2.17 bits per heavy atom. The molecule has 2 N–H and O–H groups in total. The zero-order chi connectivity index (χ0) is 32.7. The van der Waals surface area contributed by atoms with E-state index >= 15 is 0 Å². The van der Waals surface area contributed by atoms with E-state index < -0.39 is 52.4 Å². The molecule has 1 heterocycles. The molecule has 0 saturated carbocycles. The number of carbonyl (C=O) groups excluding carboxylic acids is 2. The maximum Gasteiger partial charge on any atom is 0.508 e. The van der Waals surface area contributed by atoms with Gasteiger partial charge in [0, 0.05) is 5.92 Å². The Balaban J connectivity index is 1.31. The first-order chi connectivity index (χ1) is 22.1. The Hall–Kier alpha value is -2.70. The molecule has 5 unspecified atom stereocenters. The van der Waals surface area contributed by atoms with Crippen LogP contribution in [0.3, 0.4) is 0 Å². The number of hydrogen-bond donors (Lipinski definition) is 2. The van der Waals surface area contributed by atoms with Crippen molar-refractivity contribution in [2.24, 2.45) is 0 Å². The van der Waals surface area contributed by atoms with Crippen LogP contribution in [0.4, 0.5) is 9.59 Å². The molecule has 1 amide bonds. The number of halogens is 3. The van der Waals surface area contributed by atoms with Gasteiger partial charge in [0.1, 0.15) is 36.9 Å². The van der Waals surface area contributed by atoms with Gasteiger partial charge in [-0.25, -0.2) is 9.59 Å². The molecule has 9 nitrogen and oxygen atoms in total. The number of alkyl halides is 3. The van der Waals surface area contributed by atoms with Crippen LogP contribution >= 0.6 is 46.6 Å². The number of nitrogens with one attached hydrogen (secondary N) is 1. The summed E-state index contributed by atoms with van der Waals surface area (Å²) in [6.45, 7) is 1.65. The van der Waals surface area contributed by atoms with E-state index in [-0.39, 0.29) is 25.7 Å². The number of carbonyl (C=O) groups is 2. The predicted molar refractivity (Wildman–Crippen MR) is 177 cm³/mol. The SMILES string of the molecule is CCSC1OC(COCc2ccccc2)C(O)C(OC(=O)OCC2c3ccccc3-c3ccccc32)C1NC(=O)OCC(Cl)(Cl)Cl. The largest absolute Gasteiger partial charge is 0.508 e. The number of amides is 1. The first kappa shape index (κ1) is 34.6. The minimum Gasteiger partial charge on any atom is -0.445 e. The van der Waals surface area contributed by atoms with Gasteiger partial charge in [-0.3, -0.25) is 0 Å². The Kier molecular flexibility index (Phi) is 12.0. The fourth-order valence-corrected chi connectivity index (χ4v) is 6.73. The van der Waals surface area contributed by atoms with Gasteiger partial charge in [-0.1, -0.05) is 121 Å². The first-order valence-electron chi connectivity index (χ1n) is 14.7. The van der Waals surface area contributed by atoms with Crippen LogP contribution in [-0.2, 0) is 30.3 Å². The van der Waals surface area contributed by atoms with E-state index in [0.717, 1.165) is 27.8 Å². The van der Waals surface area contributed by atoms with Crippen LogP contribution in [0.25, 0.3) is 11.1 Å². The summed E-state index contributed by atoms with van der Waals surface area (Å²) in [6.07, 6.45) is -5.55. The van der Waals surface area contributed by atoms with Gasteiger partial charge in [0.25, 0.3) is 0 Å². The van der Waals surface area contributed by atoms with Crippen molar-refractivity contribution in [2.45, 2.75) is 53.0 Å². The lowest BCUT2D eigenvalue weighted by atomic mass is 9.98. The molecule has 0 spiro atoms. The van der Waals surface area contributed by atoms with Crippen LogP contribution in [-0.4, -0.2) is 76.5 Å². The molecule has 5 rings (SSSR count). The molecule has 3 aromatic carbocycles. The minimum absolute atomic E-state index is 0.00627. The summed E-state index contributed by atoms with van der Waals surface area (Å²) in [4.78, 5) is 26.0. The third-order valence-corrected chi connectivity index (χ3v) is 9.01. The summed E-state index contributed by atoms with van der Waals surface area (Å²) in [6, 6.07) is 24.4. The molecule has 0 bridgehead atoms. The van der Waals surface area contributed by atoms with Gasteiger partial charge in [0.15, 0.2) is 6.10 Å². The average molecular weight is 711 g/mol. The van der Waals surface area contributed by atoms with E-state index in [1.807, 2.05) is 85.8 Å². The van der Waals surface area contributed by atoms with Crippen molar-refractivity contribution >= 4 is 58.8 Å². The lowest BCUT2D eigenvalue weighted by molar-refractivity contribution is -0.182. The van der Waals surface area contributed by atoms with Gasteiger partial charge in [-0.15, -0.1) is 11.8 Å². The molecule has 0 aromatic heterocycles. The molecule has 1 fully saturated rings. The normalized spacial score (nSPS) is 22.4.